The van der Waals surface area contributed by atoms with Crippen molar-refractivity contribution in [2.45, 2.75) is 17.9 Å². The number of pyridine rings is 1. The lowest BCUT2D eigenvalue weighted by Gasteiger charge is -2.20. The number of sulfone groups is 1. The fourth-order valence-corrected chi connectivity index (χ4v) is 4.65. The molecule has 152 valence electrons. The summed E-state index contributed by atoms with van der Waals surface area (Å²) >= 11 is 1.46. The molecular formula is C22H19N3O3S2. The second kappa shape index (κ2) is 8.33. The lowest BCUT2D eigenvalue weighted by atomic mass is 10.1. The van der Waals surface area contributed by atoms with Gasteiger partial charge in [-0.1, -0.05) is 41.7 Å². The molecule has 2 heterocycles. The van der Waals surface area contributed by atoms with E-state index in [0.29, 0.717) is 11.7 Å². The zero-order valence-electron chi connectivity index (χ0n) is 16.2. The monoisotopic (exact) mass is 437 g/mol. The lowest BCUT2D eigenvalue weighted by Crippen LogP contribution is -2.31. The number of hydrogen-bond acceptors (Lipinski definition) is 6. The molecule has 4 aromatic rings. The number of carbonyl (C=O) groups is 1. The highest BCUT2D eigenvalue weighted by molar-refractivity contribution is 7.90. The molecule has 0 fully saturated rings. The summed E-state index contributed by atoms with van der Waals surface area (Å²) in [6.07, 6.45) is 4.72. The number of thiazole rings is 1. The molecule has 2 aromatic carbocycles. The number of fused-ring (bicyclic) bond motifs is 1. The van der Waals surface area contributed by atoms with Crippen molar-refractivity contribution in [3.05, 3.63) is 84.2 Å². The predicted octanol–water partition coefficient (Wildman–Crippen LogP) is 3.87. The minimum atomic E-state index is -3.27. The first kappa shape index (κ1) is 20.2. The highest BCUT2D eigenvalue weighted by Gasteiger charge is 2.21. The Bertz CT molecular complexity index is 1250. The van der Waals surface area contributed by atoms with Crippen molar-refractivity contribution in [2.75, 3.05) is 11.2 Å². The number of para-hydroxylation sites is 1. The largest absolute Gasteiger partial charge is 0.283 e. The molecule has 6 nitrogen and oxygen atoms in total. The van der Waals surface area contributed by atoms with Crippen LogP contribution in [0.2, 0.25) is 0 Å². The van der Waals surface area contributed by atoms with Gasteiger partial charge in [0.1, 0.15) is 0 Å². The number of hydrogen-bond donors (Lipinski definition) is 0. The van der Waals surface area contributed by atoms with E-state index in [-0.39, 0.29) is 17.2 Å². The maximum absolute atomic E-state index is 13.2. The van der Waals surface area contributed by atoms with Gasteiger partial charge < -0.3 is 0 Å². The molecule has 0 unspecified atom stereocenters. The molecule has 0 radical (unpaired) electrons. The summed E-state index contributed by atoms with van der Waals surface area (Å²) in [6, 6.07) is 17.9. The molecule has 0 atom stereocenters. The van der Waals surface area contributed by atoms with E-state index < -0.39 is 9.84 Å². The van der Waals surface area contributed by atoms with Gasteiger partial charge >= 0.3 is 0 Å². The first-order chi connectivity index (χ1) is 14.4. The van der Waals surface area contributed by atoms with E-state index in [4.69, 9.17) is 0 Å². The third-order valence-corrected chi connectivity index (χ3v) is 6.77. The van der Waals surface area contributed by atoms with E-state index in [1.165, 1.54) is 23.5 Å². The van der Waals surface area contributed by atoms with E-state index in [1.54, 1.807) is 29.4 Å². The Labute approximate surface area is 178 Å². The third-order valence-electron chi connectivity index (χ3n) is 4.58. The van der Waals surface area contributed by atoms with Crippen LogP contribution in [0, 0.1) is 0 Å². The summed E-state index contributed by atoms with van der Waals surface area (Å²) in [5.74, 6) is -0.120. The van der Waals surface area contributed by atoms with Crippen LogP contribution in [0.15, 0.2) is 78.0 Å². The SMILES string of the molecule is CS(=O)(=O)c1ccc(CC(=O)N(Cc2cccnc2)c2nc3ccccc3s2)cc1. The second-order valence-electron chi connectivity index (χ2n) is 6.90. The maximum Gasteiger partial charge on any atom is 0.233 e. The topological polar surface area (TPSA) is 80.2 Å². The number of amides is 1. The van der Waals surface area contributed by atoms with Crippen LogP contribution < -0.4 is 4.90 Å². The van der Waals surface area contributed by atoms with Crippen LogP contribution in [0.3, 0.4) is 0 Å². The summed E-state index contributed by atoms with van der Waals surface area (Å²) in [4.78, 5) is 23.9. The summed E-state index contributed by atoms with van der Waals surface area (Å²) in [5, 5.41) is 0.623. The van der Waals surface area contributed by atoms with Crippen LogP contribution >= 0.6 is 11.3 Å². The summed E-state index contributed by atoms with van der Waals surface area (Å²) < 4.78 is 24.3. The summed E-state index contributed by atoms with van der Waals surface area (Å²) in [5.41, 5.74) is 2.49. The van der Waals surface area contributed by atoms with Gasteiger partial charge in [-0.25, -0.2) is 13.4 Å². The molecule has 0 bridgehead atoms. The minimum Gasteiger partial charge on any atom is -0.283 e. The molecule has 8 heteroatoms. The highest BCUT2D eigenvalue weighted by atomic mass is 32.2. The van der Waals surface area contributed by atoms with Crippen molar-refractivity contribution in [1.82, 2.24) is 9.97 Å². The van der Waals surface area contributed by atoms with Crippen molar-refractivity contribution in [1.29, 1.82) is 0 Å². The van der Waals surface area contributed by atoms with Gasteiger partial charge in [-0.2, -0.15) is 0 Å². The third kappa shape index (κ3) is 4.55. The fourth-order valence-electron chi connectivity index (χ4n) is 3.04. The van der Waals surface area contributed by atoms with Crippen molar-refractivity contribution in [3.8, 4) is 0 Å². The minimum absolute atomic E-state index is 0.120. The van der Waals surface area contributed by atoms with Gasteiger partial charge in [0.15, 0.2) is 15.0 Å². The fraction of sp³-hybridized carbons (Fsp3) is 0.136. The normalized spacial score (nSPS) is 11.5. The quantitative estimate of drug-likeness (QED) is 0.457. The number of benzene rings is 2. The van der Waals surface area contributed by atoms with Gasteiger partial charge in [-0.3, -0.25) is 14.7 Å². The van der Waals surface area contributed by atoms with Gasteiger partial charge in [0.05, 0.1) is 28.1 Å². The molecular weight excluding hydrogens is 418 g/mol. The Hall–Kier alpha value is -3.10. The van der Waals surface area contributed by atoms with Crippen molar-refractivity contribution in [2.24, 2.45) is 0 Å². The number of nitrogens with zero attached hydrogens (tertiary/aromatic N) is 3. The molecule has 4 rings (SSSR count). The van der Waals surface area contributed by atoms with Gasteiger partial charge in [0.25, 0.3) is 0 Å². The molecule has 0 aliphatic carbocycles. The predicted molar refractivity (Wildman–Crippen MR) is 118 cm³/mol. The molecule has 0 aliphatic heterocycles. The Morgan fingerprint density at radius 1 is 1.00 bits per heavy atom. The molecule has 0 aliphatic rings. The Morgan fingerprint density at radius 2 is 1.77 bits per heavy atom. The van der Waals surface area contributed by atoms with Gasteiger partial charge in [-0.05, 0) is 41.5 Å². The van der Waals surface area contributed by atoms with Crippen LogP contribution in [0.5, 0.6) is 0 Å². The first-order valence-corrected chi connectivity index (χ1v) is 11.9. The Morgan fingerprint density at radius 3 is 2.43 bits per heavy atom. The van der Waals surface area contributed by atoms with Crippen LogP contribution in [0.1, 0.15) is 11.1 Å². The Balaban J connectivity index is 1.63. The summed E-state index contributed by atoms with van der Waals surface area (Å²) in [6.45, 7) is 0.355. The average molecular weight is 438 g/mol. The van der Waals surface area contributed by atoms with Gasteiger partial charge in [-0.15, -0.1) is 0 Å². The van der Waals surface area contributed by atoms with E-state index in [9.17, 15) is 13.2 Å². The van der Waals surface area contributed by atoms with Crippen LogP contribution in [-0.2, 0) is 27.6 Å². The zero-order chi connectivity index (χ0) is 21.1. The first-order valence-electron chi connectivity index (χ1n) is 9.24. The second-order valence-corrected chi connectivity index (χ2v) is 9.92. The zero-order valence-corrected chi connectivity index (χ0v) is 17.9. The van der Waals surface area contributed by atoms with E-state index in [1.807, 2.05) is 36.4 Å². The van der Waals surface area contributed by atoms with E-state index >= 15 is 0 Å². The molecule has 30 heavy (non-hydrogen) atoms. The van der Waals surface area contributed by atoms with Crippen molar-refractivity contribution < 1.29 is 13.2 Å². The average Bonchev–Trinajstić information content (AvgIpc) is 3.16. The number of rotatable bonds is 6. The van der Waals surface area contributed by atoms with Crippen LogP contribution in [0.4, 0.5) is 5.13 Å². The molecule has 0 saturated heterocycles. The van der Waals surface area contributed by atoms with Crippen LogP contribution in [-0.4, -0.2) is 30.5 Å². The molecule has 1 amide bonds. The van der Waals surface area contributed by atoms with E-state index in [2.05, 4.69) is 9.97 Å². The number of aromatic nitrogens is 2. The van der Waals surface area contributed by atoms with Gasteiger partial charge in [0, 0.05) is 18.6 Å². The Kier molecular flexibility index (Phi) is 5.61. The lowest BCUT2D eigenvalue weighted by molar-refractivity contribution is -0.118. The summed E-state index contributed by atoms with van der Waals surface area (Å²) in [7, 11) is -3.27. The molecule has 0 spiro atoms. The van der Waals surface area contributed by atoms with Crippen molar-refractivity contribution in [3.63, 3.8) is 0 Å². The molecule has 2 aromatic heterocycles. The smallest absolute Gasteiger partial charge is 0.233 e. The van der Waals surface area contributed by atoms with Crippen molar-refractivity contribution >= 4 is 42.4 Å². The highest BCUT2D eigenvalue weighted by Crippen LogP contribution is 2.30. The maximum atomic E-state index is 13.2. The van der Waals surface area contributed by atoms with Gasteiger partial charge in [0.2, 0.25) is 5.91 Å². The van der Waals surface area contributed by atoms with E-state index in [0.717, 1.165) is 27.6 Å². The standard InChI is InChI=1S/C22H19N3O3S2/c1-30(27,28)18-10-8-16(9-11-18)13-21(26)25(15-17-5-4-12-23-14-17)22-24-19-6-2-3-7-20(19)29-22/h2-12,14H,13,15H2,1H3. The number of carbonyl (C=O) groups excluding carboxylic acids is 1. The number of anilines is 1. The molecule has 0 N–H and O–H groups in total. The van der Waals surface area contributed by atoms with Crippen LogP contribution in [0.25, 0.3) is 10.2 Å². The molecule has 0 saturated carbocycles.